The van der Waals surface area contributed by atoms with E-state index in [1.54, 1.807) is 6.08 Å². The normalized spacial score (nSPS) is 10.7. The number of hydrogen-bond acceptors (Lipinski definition) is 5. The Morgan fingerprint density at radius 2 is 2.53 bits per heavy atom. The molecule has 78 valence electrons. The van der Waals surface area contributed by atoms with Crippen molar-refractivity contribution in [2.75, 3.05) is 11.5 Å². The Kier molecular flexibility index (Phi) is 2.46. The maximum atomic E-state index is 11.1. The number of fused-ring (bicyclic) bond motifs is 1. The van der Waals surface area contributed by atoms with Gasteiger partial charge >= 0.3 is 0 Å². The van der Waals surface area contributed by atoms with Crippen LogP contribution in [0.2, 0.25) is 0 Å². The molecule has 0 saturated heterocycles. The van der Waals surface area contributed by atoms with Gasteiger partial charge in [-0.25, -0.2) is 0 Å². The monoisotopic (exact) mass is 223 g/mol. The van der Waals surface area contributed by atoms with E-state index in [1.807, 2.05) is 0 Å². The van der Waals surface area contributed by atoms with E-state index in [1.165, 1.54) is 22.3 Å². The topological polar surface area (TPSA) is 89.1 Å². The summed E-state index contributed by atoms with van der Waals surface area (Å²) in [6, 6.07) is 1.27. The van der Waals surface area contributed by atoms with Gasteiger partial charge in [0.1, 0.15) is 5.82 Å². The number of aromatic amines is 1. The van der Waals surface area contributed by atoms with Crippen LogP contribution < -0.4 is 11.3 Å². The van der Waals surface area contributed by atoms with Gasteiger partial charge in [-0.05, 0) is 0 Å². The molecule has 2 rings (SSSR count). The van der Waals surface area contributed by atoms with Crippen LogP contribution in [-0.2, 0) is 0 Å². The molecule has 0 spiro atoms. The van der Waals surface area contributed by atoms with Gasteiger partial charge in [-0.3, -0.25) is 9.78 Å². The minimum absolute atomic E-state index is 0.270. The van der Waals surface area contributed by atoms with Crippen LogP contribution in [0.4, 0.5) is 5.82 Å². The third-order valence-electron chi connectivity index (χ3n) is 1.68. The van der Waals surface area contributed by atoms with Crippen LogP contribution >= 0.6 is 11.8 Å². The maximum Gasteiger partial charge on any atom is 0.254 e. The Balaban J connectivity index is 2.50. The number of aromatic nitrogens is 4. The van der Waals surface area contributed by atoms with Gasteiger partial charge in [-0.2, -0.15) is 9.50 Å². The standard InChI is InChI=1S/C8H9N5OS/c1-2-3-15-8-11-7-10-6(14)4-5(9)13(7)12-8/h2,4H,1,3,9H2,(H,10,11,12,14). The van der Waals surface area contributed by atoms with Crippen molar-refractivity contribution >= 4 is 23.4 Å². The van der Waals surface area contributed by atoms with E-state index in [0.717, 1.165) is 0 Å². The molecule has 0 radical (unpaired) electrons. The lowest BCUT2D eigenvalue weighted by molar-refractivity contribution is 0.886. The number of nitrogens with two attached hydrogens (primary N) is 1. The van der Waals surface area contributed by atoms with Gasteiger partial charge in [-0.15, -0.1) is 11.7 Å². The molecule has 0 aromatic carbocycles. The number of nitrogens with one attached hydrogen (secondary N) is 1. The second-order valence-electron chi connectivity index (χ2n) is 2.79. The van der Waals surface area contributed by atoms with Gasteiger partial charge < -0.3 is 5.73 Å². The number of H-pyrrole nitrogens is 1. The summed E-state index contributed by atoms with van der Waals surface area (Å²) in [5.74, 6) is 1.33. The first-order valence-electron chi connectivity index (χ1n) is 4.20. The maximum absolute atomic E-state index is 11.1. The molecule has 0 unspecified atom stereocenters. The van der Waals surface area contributed by atoms with E-state index in [9.17, 15) is 4.79 Å². The van der Waals surface area contributed by atoms with Crippen molar-refractivity contribution in [2.45, 2.75) is 5.16 Å². The van der Waals surface area contributed by atoms with Crippen LogP contribution in [0.3, 0.4) is 0 Å². The smallest absolute Gasteiger partial charge is 0.254 e. The minimum atomic E-state index is -0.285. The predicted octanol–water partition coefficient (Wildman–Crippen LogP) is 0.278. The molecule has 2 aromatic rings. The van der Waals surface area contributed by atoms with E-state index in [-0.39, 0.29) is 11.4 Å². The molecule has 0 aliphatic rings. The zero-order valence-corrected chi connectivity index (χ0v) is 8.62. The summed E-state index contributed by atoms with van der Waals surface area (Å²) in [7, 11) is 0. The summed E-state index contributed by atoms with van der Waals surface area (Å²) >= 11 is 1.42. The van der Waals surface area contributed by atoms with Crippen LogP contribution in [0.15, 0.2) is 28.7 Å². The molecule has 15 heavy (non-hydrogen) atoms. The number of nitrogen functional groups attached to an aromatic ring is 1. The number of hydrogen-bond donors (Lipinski definition) is 2. The second-order valence-corrected chi connectivity index (χ2v) is 3.78. The highest BCUT2D eigenvalue weighted by Crippen LogP contribution is 2.13. The molecule has 0 aliphatic heterocycles. The molecule has 2 heterocycles. The van der Waals surface area contributed by atoms with E-state index < -0.39 is 0 Å². The van der Waals surface area contributed by atoms with Crippen molar-refractivity contribution in [1.82, 2.24) is 19.6 Å². The molecule has 6 nitrogen and oxygen atoms in total. The van der Waals surface area contributed by atoms with Crippen LogP contribution in [-0.4, -0.2) is 25.3 Å². The Bertz CT molecular complexity index is 558. The van der Waals surface area contributed by atoms with E-state index in [0.29, 0.717) is 16.7 Å². The van der Waals surface area contributed by atoms with Crippen LogP contribution in [0, 0.1) is 0 Å². The molecular formula is C8H9N5OS. The summed E-state index contributed by atoms with van der Waals surface area (Å²) in [6.07, 6.45) is 1.75. The zero-order valence-electron chi connectivity index (χ0n) is 7.80. The molecule has 0 amide bonds. The highest BCUT2D eigenvalue weighted by atomic mass is 32.2. The van der Waals surface area contributed by atoms with Gasteiger partial charge in [0.25, 0.3) is 5.56 Å². The summed E-state index contributed by atoms with van der Waals surface area (Å²) in [6.45, 7) is 3.60. The largest absolute Gasteiger partial charge is 0.383 e. The molecule has 0 atom stereocenters. The number of anilines is 1. The van der Waals surface area contributed by atoms with Gasteiger partial charge in [0, 0.05) is 11.8 Å². The molecule has 0 saturated carbocycles. The lowest BCUT2D eigenvalue weighted by atomic mass is 10.6. The van der Waals surface area contributed by atoms with E-state index in [4.69, 9.17) is 5.73 Å². The van der Waals surface area contributed by atoms with E-state index >= 15 is 0 Å². The minimum Gasteiger partial charge on any atom is -0.383 e. The van der Waals surface area contributed by atoms with Gasteiger partial charge in [0.2, 0.25) is 10.9 Å². The lowest BCUT2D eigenvalue weighted by Gasteiger charge is -1.93. The van der Waals surface area contributed by atoms with Crippen molar-refractivity contribution in [3.8, 4) is 0 Å². The first kappa shape index (κ1) is 9.78. The third kappa shape index (κ3) is 1.86. The molecule has 0 bridgehead atoms. The summed E-state index contributed by atoms with van der Waals surface area (Å²) < 4.78 is 1.40. The Morgan fingerprint density at radius 3 is 3.27 bits per heavy atom. The number of nitrogens with zero attached hydrogens (tertiary/aromatic N) is 3. The molecule has 3 N–H and O–H groups in total. The van der Waals surface area contributed by atoms with Crippen molar-refractivity contribution in [3.63, 3.8) is 0 Å². The predicted molar refractivity (Wildman–Crippen MR) is 58.9 cm³/mol. The zero-order chi connectivity index (χ0) is 10.8. The number of rotatable bonds is 3. The molecular weight excluding hydrogens is 214 g/mol. The van der Waals surface area contributed by atoms with Crippen LogP contribution in [0.1, 0.15) is 0 Å². The highest BCUT2D eigenvalue weighted by molar-refractivity contribution is 7.99. The Labute approximate surface area is 89.2 Å². The van der Waals surface area contributed by atoms with Crippen molar-refractivity contribution < 1.29 is 0 Å². The Hall–Kier alpha value is -1.76. The van der Waals surface area contributed by atoms with Gasteiger partial charge in [-0.1, -0.05) is 17.8 Å². The summed E-state index contributed by atoms with van der Waals surface area (Å²) in [5, 5.41) is 4.68. The first-order chi connectivity index (χ1) is 7.20. The van der Waals surface area contributed by atoms with E-state index in [2.05, 4.69) is 21.6 Å². The third-order valence-corrected chi connectivity index (χ3v) is 2.51. The van der Waals surface area contributed by atoms with Gasteiger partial charge in [0.15, 0.2) is 0 Å². The SMILES string of the molecule is C=CCSc1nc2[nH]c(=O)cc(N)n2n1. The molecule has 0 aliphatic carbocycles. The van der Waals surface area contributed by atoms with Crippen LogP contribution in [0.25, 0.3) is 5.78 Å². The molecule has 2 aromatic heterocycles. The van der Waals surface area contributed by atoms with Crippen LogP contribution in [0.5, 0.6) is 0 Å². The number of thioether (sulfide) groups is 1. The van der Waals surface area contributed by atoms with Crippen molar-refractivity contribution in [1.29, 1.82) is 0 Å². The fourth-order valence-corrected chi connectivity index (χ4v) is 1.65. The fraction of sp³-hybridized carbons (Fsp3) is 0.125. The second kappa shape index (κ2) is 3.77. The average molecular weight is 223 g/mol. The van der Waals surface area contributed by atoms with Crippen molar-refractivity contribution in [3.05, 3.63) is 29.1 Å². The Morgan fingerprint density at radius 1 is 1.73 bits per heavy atom. The first-order valence-corrected chi connectivity index (χ1v) is 5.18. The summed E-state index contributed by atoms with van der Waals surface area (Å²) in [4.78, 5) is 17.7. The lowest BCUT2D eigenvalue weighted by Crippen LogP contribution is -2.11. The highest BCUT2D eigenvalue weighted by Gasteiger charge is 2.06. The average Bonchev–Trinajstić information content (AvgIpc) is 2.57. The fourth-order valence-electron chi connectivity index (χ4n) is 1.09. The molecule has 0 fully saturated rings. The molecule has 7 heteroatoms. The summed E-state index contributed by atoms with van der Waals surface area (Å²) in [5.41, 5.74) is 5.33. The van der Waals surface area contributed by atoms with Crippen molar-refractivity contribution in [2.24, 2.45) is 0 Å². The van der Waals surface area contributed by atoms with Gasteiger partial charge in [0.05, 0.1) is 0 Å². The quantitative estimate of drug-likeness (QED) is 0.576.